The molecule has 0 saturated carbocycles. The minimum Gasteiger partial charge on any atom is -0.454 e. The molecule has 0 fully saturated rings. The van der Waals surface area contributed by atoms with Gasteiger partial charge in [-0.2, -0.15) is 0 Å². The molecule has 0 spiro atoms. The highest BCUT2D eigenvalue weighted by molar-refractivity contribution is 6.03. The molecular formula is C24H21N5O3. The van der Waals surface area contributed by atoms with Crippen molar-refractivity contribution in [3.63, 3.8) is 0 Å². The molecule has 160 valence electrons. The normalized spacial score (nSPS) is 11.6. The van der Waals surface area contributed by atoms with Crippen molar-refractivity contribution in [2.24, 2.45) is 7.05 Å². The summed E-state index contributed by atoms with van der Waals surface area (Å²) >= 11 is 0. The average Bonchev–Trinajstić information content (AvgIpc) is 3.24. The second kappa shape index (κ2) is 7.56. The van der Waals surface area contributed by atoms with Crippen molar-refractivity contribution in [2.45, 2.75) is 26.4 Å². The van der Waals surface area contributed by atoms with Gasteiger partial charge in [-0.05, 0) is 30.2 Å². The highest BCUT2D eigenvalue weighted by Crippen LogP contribution is 2.23. The van der Waals surface area contributed by atoms with Gasteiger partial charge in [0.2, 0.25) is 5.78 Å². The van der Waals surface area contributed by atoms with E-state index in [9.17, 15) is 9.59 Å². The lowest BCUT2D eigenvalue weighted by molar-refractivity contribution is 0.0463. The van der Waals surface area contributed by atoms with E-state index in [0.29, 0.717) is 28.1 Å². The summed E-state index contributed by atoms with van der Waals surface area (Å²) in [5, 5.41) is 9.60. The molecule has 2 aromatic carbocycles. The summed E-state index contributed by atoms with van der Waals surface area (Å²) in [5.41, 5.74) is 2.54. The Morgan fingerprint density at radius 2 is 1.75 bits per heavy atom. The number of fused-ring (bicyclic) bond motifs is 4. The zero-order valence-electron chi connectivity index (χ0n) is 17.9. The van der Waals surface area contributed by atoms with Gasteiger partial charge in [-0.1, -0.05) is 44.2 Å². The van der Waals surface area contributed by atoms with Crippen molar-refractivity contribution in [3.05, 3.63) is 82.0 Å². The molecule has 0 aliphatic heterocycles. The maximum atomic E-state index is 13.1. The molecule has 0 aliphatic carbocycles. The number of aromatic nitrogens is 5. The third-order valence-electron chi connectivity index (χ3n) is 5.57. The predicted molar refractivity (Wildman–Crippen MR) is 121 cm³/mol. The predicted octanol–water partition coefficient (Wildman–Crippen LogP) is 3.61. The number of hydrogen-bond acceptors (Lipinski definition) is 6. The van der Waals surface area contributed by atoms with Gasteiger partial charge in [0.1, 0.15) is 0 Å². The fraction of sp³-hybridized carbons (Fsp3) is 0.208. The molecule has 0 N–H and O–H groups in total. The van der Waals surface area contributed by atoms with Crippen molar-refractivity contribution >= 4 is 33.6 Å². The van der Waals surface area contributed by atoms with E-state index in [0.717, 1.165) is 16.6 Å². The Labute approximate surface area is 183 Å². The molecule has 8 nitrogen and oxygen atoms in total. The zero-order valence-corrected chi connectivity index (χ0v) is 17.9. The van der Waals surface area contributed by atoms with Crippen LogP contribution in [0, 0.1) is 0 Å². The van der Waals surface area contributed by atoms with Crippen LogP contribution in [0.2, 0.25) is 0 Å². The third-order valence-corrected chi connectivity index (χ3v) is 5.57. The molecule has 8 heteroatoms. The van der Waals surface area contributed by atoms with Gasteiger partial charge < -0.3 is 4.74 Å². The molecular weight excluding hydrogens is 406 g/mol. The molecule has 3 heterocycles. The van der Waals surface area contributed by atoms with Crippen molar-refractivity contribution in [2.75, 3.05) is 0 Å². The minimum absolute atomic E-state index is 0.0874. The van der Waals surface area contributed by atoms with Gasteiger partial charge >= 0.3 is 5.97 Å². The number of esters is 1. The molecule has 0 radical (unpaired) electrons. The van der Waals surface area contributed by atoms with Crippen LogP contribution in [0.4, 0.5) is 0 Å². The summed E-state index contributed by atoms with van der Waals surface area (Å²) in [6, 6.07) is 16.5. The van der Waals surface area contributed by atoms with Crippen molar-refractivity contribution in [1.82, 2.24) is 24.1 Å². The first kappa shape index (κ1) is 19.9. The first-order valence-corrected chi connectivity index (χ1v) is 10.3. The lowest BCUT2D eigenvalue weighted by Crippen LogP contribution is -2.20. The maximum Gasteiger partial charge on any atom is 0.339 e. The lowest BCUT2D eigenvalue weighted by atomic mass is 10.0. The number of hydrogen-bond donors (Lipinski definition) is 0. The smallest absolute Gasteiger partial charge is 0.339 e. The average molecular weight is 427 g/mol. The monoisotopic (exact) mass is 427 g/mol. The van der Waals surface area contributed by atoms with Crippen molar-refractivity contribution in [1.29, 1.82) is 0 Å². The molecule has 0 amide bonds. The number of para-hydroxylation sites is 2. The SMILES string of the molecule is CC(C)c1cc(C(=O)OCc2nnc3n(C)c(=O)c4ccccc4n23)c2ccccc2n1. The molecule has 0 unspecified atom stereocenters. The van der Waals surface area contributed by atoms with E-state index in [1.54, 1.807) is 29.6 Å². The van der Waals surface area contributed by atoms with Gasteiger partial charge in [-0.15, -0.1) is 10.2 Å². The Balaban J connectivity index is 1.55. The van der Waals surface area contributed by atoms with Crippen molar-refractivity contribution < 1.29 is 9.53 Å². The molecule has 3 aromatic heterocycles. The molecule has 0 bridgehead atoms. The first-order chi connectivity index (χ1) is 15.5. The van der Waals surface area contributed by atoms with E-state index in [1.807, 2.05) is 50.2 Å². The molecule has 0 aliphatic rings. The largest absolute Gasteiger partial charge is 0.454 e. The van der Waals surface area contributed by atoms with E-state index in [4.69, 9.17) is 4.74 Å². The van der Waals surface area contributed by atoms with Crippen LogP contribution in [0.3, 0.4) is 0 Å². The second-order valence-corrected chi connectivity index (χ2v) is 7.98. The van der Waals surface area contributed by atoms with Gasteiger partial charge in [0, 0.05) is 18.1 Å². The van der Waals surface area contributed by atoms with Gasteiger partial charge in [-0.25, -0.2) is 4.79 Å². The molecule has 0 atom stereocenters. The van der Waals surface area contributed by atoms with E-state index in [-0.39, 0.29) is 18.1 Å². The minimum atomic E-state index is -0.462. The fourth-order valence-corrected chi connectivity index (χ4v) is 3.85. The topological polar surface area (TPSA) is 91.4 Å². The molecule has 5 aromatic rings. The summed E-state index contributed by atoms with van der Waals surface area (Å²) in [4.78, 5) is 30.3. The maximum absolute atomic E-state index is 13.1. The van der Waals surface area contributed by atoms with Crippen LogP contribution in [0.15, 0.2) is 59.4 Å². The number of pyridine rings is 1. The molecule has 32 heavy (non-hydrogen) atoms. The van der Waals surface area contributed by atoms with Crippen LogP contribution in [0.5, 0.6) is 0 Å². The van der Waals surface area contributed by atoms with Gasteiger partial charge in [0.05, 0.1) is 22.0 Å². The lowest BCUT2D eigenvalue weighted by Gasteiger charge is -2.12. The quantitative estimate of drug-likeness (QED) is 0.407. The highest BCUT2D eigenvalue weighted by atomic mass is 16.5. The summed E-state index contributed by atoms with van der Waals surface area (Å²) in [6.07, 6.45) is 0. The number of rotatable bonds is 4. The van der Waals surface area contributed by atoms with Crippen LogP contribution in [0.1, 0.15) is 41.6 Å². The number of nitrogens with zero attached hydrogens (tertiary/aromatic N) is 5. The summed E-state index contributed by atoms with van der Waals surface area (Å²) in [6.45, 7) is 3.98. The zero-order chi connectivity index (χ0) is 22.4. The Kier molecular flexibility index (Phi) is 4.70. The van der Waals surface area contributed by atoms with E-state index < -0.39 is 5.97 Å². The first-order valence-electron chi connectivity index (χ1n) is 10.3. The van der Waals surface area contributed by atoms with Crippen LogP contribution >= 0.6 is 0 Å². The number of aryl methyl sites for hydroxylation is 1. The Bertz CT molecular complexity index is 1570. The third kappa shape index (κ3) is 3.11. The Hall–Kier alpha value is -4.07. The van der Waals surface area contributed by atoms with E-state index >= 15 is 0 Å². The summed E-state index contributed by atoms with van der Waals surface area (Å²) in [5.74, 6) is 0.523. The number of ether oxygens (including phenoxy) is 1. The number of carbonyl (C=O) groups is 1. The van der Waals surface area contributed by atoms with E-state index in [2.05, 4.69) is 15.2 Å². The van der Waals surface area contributed by atoms with Gasteiger partial charge in [0.15, 0.2) is 12.4 Å². The van der Waals surface area contributed by atoms with Crippen LogP contribution in [0.25, 0.3) is 27.6 Å². The molecule has 5 rings (SSSR count). The highest BCUT2D eigenvalue weighted by Gasteiger charge is 2.19. The van der Waals surface area contributed by atoms with Crippen LogP contribution in [-0.4, -0.2) is 30.1 Å². The second-order valence-electron chi connectivity index (χ2n) is 7.98. The summed E-state index contributed by atoms with van der Waals surface area (Å²) in [7, 11) is 1.64. The van der Waals surface area contributed by atoms with E-state index in [1.165, 1.54) is 4.57 Å². The Morgan fingerprint density at radius 3 is 2.53 bits per heavy atom. The van der Waals surface area contributed by atoms with Gasteiger partial charge in [0.25, 0.3) is 5.56 Å². The van der Waals surface area contributed by atoms with Crippen LogP contribution in [-0.2, 0) is 18.4 Å². The molecule has 0 saturated heterocycles. The number of carbonyl (C=O) groups excluding carboxylic acids is 1. The Morgan fingerprint density at radius 1 is 1.03 bits per heavy atom. The van der Waals surface area contributed by atoms with Gasteiger partial charge in [-0.3, -0.25) is 18.7 Å². The number of benzene rings is 2. The van der Waals surface area contributed by atoms with Crippen molar-refractivity contribution in [3.8, 4) is 0 Å². The standard InChI is InChI=1S/C24H21N5O3/c1-14(2)19-12-17(15-8-4-6-10-18(15)25-19)23(31)32-13-21-26-27-24-28(3)22(30)16-9-5-7-11-20(16)29(21)24/h4-12,14H,13H2,1-3H3. The summed E-state index contributed by atoms with van der Waals surface area (Å²) < 4.78 is 8.85. The fourth-order valence-electron chi connectivity index (χ4n) is 3.85. The van der Waals surface area contributed by atoms with Crippen LogP contribution < -0.4 is 5.56 Å².